The number of aryl methyl sites for hydroxylation is 3. The summed E-state index contributed by atoms with van der Waals surface area (Å²) in [5.41, 5.74) is -0.350. The number of carboxylic acids is 1. The summed E-state index contributed by atoms with van der Waals surface area (Å²) in [7, 11) is -4.06. The number of hydrogen-bond acceptors (Lipinski definition) is 6. The number of aromatic carboxylic acids is 1. The van der Waals surface area contributed by atoms with E-state index in [2.05, 4.69) is 0 Å². The van der Waals surface area contributed by atoms with E-state index in [-0.39, 0.29) is 59.8 Å². The molecule has 0 unspecified atom stereocenters. The van der Waals surface area contributed by atoms with Gasteiger partial charge in [0.1, 0.15) is 27.7 Å². The van der Waals surface area contributed by atoms with Crippen LogP contribution in [-0.4, -0.2) is 60.8 Å². The van der Waals surface area contributed by atoms with E-state index in [9.17, 15) is 23.1 Å². The van der Waals surface area contributed by atoms with Crippen molar-refractivity contribution in [3.8, 4) is 0 Å². The summed E-state index contributed by atoms with van der Waals surface area (Å²) in [5.74, 6) is -0.758. The highest BCUT2D eigenvalue weighted by Crippen LogP contribution is 2.30. The highest BCUT2D eigenvalue weighted by Gasteiger charge is 2.37. The quantitative estimate of drug-likeness (QED) is 0.834. The minimum atomic E-state index is -4.06. The van der Waals surface area contributed by atoms with Gasteiger partial charge in [0.05, 0.1) is 0 Å². The molecule has 0 aromatic carbocycles. The van der Waals surface area contributed by atoms with Crippen LogP contribution in [0.15, 0.2) is 25.9 Å². The van der Waals surface area contributed by atoms with Gasteiger partial charge in [0.15, 0.2) is 5.76 Å². The Bertz CT molecular complexity index is 995. The van der Waals surface area contributed by atoms with Gasteiger partial charge in [-0.3, -0.25) is 4.79 Å². The predicted octanol–water partition coefficient (Wildman–Crippen LogP) is 1.64. The van der Waals surface area contributed by atoms with E-state index in [1.54, 1.807) is 19.1 Å². The number of sulfonamides is 1. The van der Waals surface area contributed by atoms with Crippen LogP contribution in [0.25, 0.3) is 0 Å². The van der Waals surface area contributed by atoms with Gasteiger partial charge in [-0.25, -0.2) is 13.2 Å². The summed E-state index contributed by atoms with van der Waals surface area (Å²) in [6, 6.07) is 3.27. The Balaban J connectivity index is 1.80. The van der Waals surface area contributed by atoms with Crippen molar-refractivity contribution in [3.05, 3.63) is 40.7 Å². The molecule has 0 spiro atoms. The maximum atomic E-state index is 13.0. The maximum Gasteiger partial charge on any atom is 0.340 e. The molecule has 2 aromatic heterocycles. The van der Waals surface area contributed by atoms with Gasteiger partial charge < -0.3 is 18.8 Å². The van der Waals surface area contributed by atoms with Crippen molar-refractivity contribution in [2.45, 2.75) is 25.7 Å². The molecule has 1 N–H and O–H groups in total. The van der Waals surface area contributed by atoms with E-state index >= 15 is 0 Å². The third-order valence-corrected chi connectivity index (χ3v) is 6.55. The van der Waals surface area contributed by atoms with Crippen LogP contribution in [0.5, 0.6) is 0 Å². The predicted molar refractivity (Wildman–Crippen MR) is 93.2 cm³/mol. The van der Waals surface area contributed by atoms with Crippen LogP contribution in [0.1, 0.15) is 38.2 Å². The fourth-order valence-electron chi connectivity index (χ4n) is 3.19. The molecule has 9 nitrogen and oxygen atoms in total. The van der Waals surface area contributed by atoms with E-state index in [1.807, 2.05) is 0 Å². The monoisotopic (exact) mass is 396 g/mol. The Morgan fingerprint density at radius 1 is 1.00 bits per heavy atom. The normalized spacial score (nSPS) is 15.9. The lowest BCUT2D eigenvalue weighted by atomic mass is 10.2. The summed E-state index contributed by atoms with van der Waals surface area (Å²) in [4.78, 5) is 25.1. The van der Waals surface area contributed by atoms with Crippen molar-refractivity contribution in [2.75, 3.05) is 26.2 Å². The van der Waals surface area contributed by atoms with Crippen LogP contribution in [0, 0.1) is 20.8 Å². The molecule has 0 aliphatic carbocycles. The molecule has 2 aromatic rings. The first-order chi connectivity index (χ1) is 12.6. The lowest BCUT2D eigenvalue weighted by Crippen LogP contribution is -2.50. The van der Waals surface area contributed by atoms with E-state index < -0.39 is 16.0 Å². The lowest BCUT2D eigenvalue weighted by Gasteiger charge is -2.33. The van der Waals surface area contributed by atoms with Gasteiger partial charge in [0.2, 0.25) is 10.0 Å². The summed E-state index contributed by atoms with van der Waals surface area (Å²) in [5, 5.41) is 9.36. The van der Waals surface area contributed by atoms with Crippen molar-refractivity contribution < 1.29 is 31.9 Å². The molecule has 1 saturated heterocycles. The smallest absolute Gasteiger partial charge is 0.340 e. The summed E-state index contributed by atoms with van der Waals surface area (Å²) < 4.78 is 37.7. The van der Waals surface area contributed by atoms with Crippen LogP contribution in [0.3, 0.4) is 0 Å². The average molecular weight is 396 g/mol. The standard InChI is InChI=1S/C17H20N2O7S/c1-10-4-5-13(25-10)16(20)18-6-8-19(9-7-18)27(23,24)15-12(3)26-11(2)14(15)17(21)22/h4-5H,6-9H2,1-3H3,(H,21,22). The third kappa shape index (κ3) is 3.37. The molecule has 0 saturated carbocycles. The summed E-state index contributed by atoms with van der Waals surface area (Å²) >= 11 is 0. The molecule has 1 fully saturated rings. The minimum Gasteiger partial charge on any atom is -0.478 e. The Labute approximate surface area is 156 Å². The second kappa shape index (κ2) is 6.86. The van der Waals surface area contributed by atoms with Crippen molar-refractivity contribution in [3.63, 3.8) is 0 Å². The van der Waals surface area contributed by atoms with Gasteiger partial charge in [0.25, 0.3) is 5.91 Å². The topological polar surface area (TPSA) is 121 Å². The molecule has 1 aliphatic rings. The number of rotatable bonds is 4. The summed E-state index contributed by atoms with van der Waals surface area (Å²) in [6.07, 6.45) is 0. The lowest BCUT2D eigenvalue weighted by molar-refractivity contribution is 0.0664. The first-order valence-corrected chi connectivity index (χ1v) is 9.76. The Hall–Kier alpha value is -2.59. The number of carboxylic acid groups (broad SMARTS) is 1. The van der Waals surface area contributed by atoms with Gasteiger partial charge in [0, 0.05) is 26.2 Å². The zero-order valence-electron chi connectivity index (χ0n) is 15.2. The van der Waals surface area contributed by atoms with Gasteiger partial charge >= 0.3 is 5.97 Å². The van der Waals surface area contributed by atoms with Gasteiger partial charge in [-0.1, -0.05) is 0 Å². The molecule has 146 valence electrons. The number of carbonyl (C=O) groups is 2. The van der Waals surface area contributed by atoms with E-state index in [1.165, 1.54) is 23.1 Å². The molecule has 0 bridgehead atoms. The molecule has 27 heavy (non-hydrogen) atoms. The van der Waals surface area contributed by atoms with E-state index in [4.69, 9.17) is 8.83 Å². The SMILES string of the molecule is Cc1ccc(C(=O)N2CCN(S(=O)(=O)c3c(C)oc(C)c3C(=O)O)CC2)o1. The molecular weight excluding hydrogens is 376 g/mol. The first-order valence-electron chi connectivity index (χ1n) is 8.32. The fourth-order valence-corrected chi connectivity index (χ4v) is 4.98. The molecule has 1 amide bonds. The van der Waals surface area contributed by atoms with Crippen molar-refractivity contribution in [1.82, 2.24) is 9.21 Å². The van der Waals surface area contributed by atoms with Gasteiger partial charge in [-0.2, -0.15) is 4.31 Å². The van der Waals surface area contributed by atoms with Gasteiger partial charge in [-0.15, -0.1) is 0 Å². The Morgan fingerprint density at radius 3 is 2.15 bits per heavy atom. The number of piperazine rings is 1. The number of nitrogens with zero attached hydrogens (tertiary/aromatic N) is 2. The second-order valence-electron chi connectivity index (χ2n) is 6.33. The Morgan fingerprint density at radius 2 is 1.63 bits per heavy atom. The second-order valence-corrected chi connectivity index (χ2v) is 8.21. The molecule has 1 aliphatic heterocycles. The molecule has 0 atom stereocenters. The largest absolute Gasteiger partial charge is 0.478 e. The van der Waals surface area contributed by atoms with Crippen LogP contribution in [0.2, 0.25) is 0 Å². The van der Waals surface area contributed by atoms with Gasteiger partial charge in [-0.05, 0) is 32.9 Å². The maximum absolute atomic E-state index is 13.0. The van der Waals surface area contributed by atoms with Crippen LogP contribution < -0.4 is 0 Å². The van der Waals surface area contributed by atoms with Crippen LogP contribution in [0.4, 0.5) is 0 Å². The van der Waals surface area contributed by atoms with E-state index in [0.717, 1.165) is 0 Å². The molecule has 3 rings (SSSR count). The Kier molecular flexibility index (Phi) is 4.87. The first kappa shape index (κ1) is 19.2. The zero-order chi connectivity index (χ0) is 19.9. The molecule has 3 heterocycles. The zero-order valence-corrected chi connectivity index (χ0v) is 16.0. The molecule has 10 heteroatoms. The number of furan rings is 2. The van der Waals surface area contributed by atoms with E-state index in [0.29, 0.717) is 5.76 Å². The van der Waals surface area contributed by atoms with Crippen molar-refractivity contribution in [1.29, 1.82) is 0 Å². The van der Waals surface area contributed by atoms with Crippen LogP contribution in [-0.2, 0) is 10.0 Å². The number of carbonyl (C=O) groups excluding carboxylic acids is 1. The number of hydrogen-bond donors (Lipinski definition) is 1. The third-order valence-electron chi connectivity index (χ3n) is 4.49. The summed E-state index contributed by atoms with van der Waals surface area (Å²) in [6.45, 7) is 5.03. The molecular formula is C17H20N2O7S. The minimum absolute atomic E-state index is 0.0365. The number of amides is 1. The highest BCUT2D eigenvalue weighted by atomic mass is 32.2. The van der Waals surface area contributed by atoms with Crippen LogP contribution >= 0.6 is 0 Å². The molecule has 0 radical (unpaired) electrons. The van der Waals surface area contributed by atoms with Crippen molar-refractivity contribution >= 4 is 21.9 Å². The van der Waals surface area contributed by atoms with Crippen molar-refractivity contribution in [2.24, 2.45) is 0 Å². The highest BCUT2D eigenvalue weighted by molar-refractivity contribution is 7.89. The average Bonchev–Trinajstić information content (AvgIpc) is 3.17. The fraction of sp³-hybridized carbons (Fsp3) is 0.412.